The summed E-state index contributed by atoms with van der Waals surface area (Å²) in [5, 5.41) is 90.4. The second kappa shape index (κ2) is 60.3. The first-order valence-electron chi connectivity index (χ1n) is 50.5. The second-order valence-corrected chi connectivity index (χ2v) is 38.9. The van der Waals surface area contributed by atoms with Gasteiger partial charge in [-0.2, -0.15) is 0 Å². The lowest BCUT2D eigenvalue weighted by Gasteiger charge is -2.34. The number of hydrogen-bond donors (Lipinski definition) is 30. The smallest absolute Gasteiger partial charge is 0.246 e. The lowest BCUT2D eigenvalue weighted by molar-refractivity contribution is -0.148. The number of nitrogens with one attached hydrogen (secondary N) is 22. The Morgan fingerprint density at radius 3 is 1.15 bits per heavy atom. The monoisotopic (exact) mass is 2000 g/mol. The number of hydrogen-bond acceptors (Lipinski definition) is 23. The molecule has 0 unspecified atom stereocenters. The molecule has 3 aliphatic heterocycles. The maximum Gasteiger partial charge on any atom is 0.246 e. The van der Waals surface area contributed by atoms with Gasteiger partial charge in [0.25, 0.3) is 0 Å². The number of amides is 15. The van der Waals surface area contributed by atoms with E-state index in [-0.39, 0.29) is 223 Å². The van der Waals surface area contributed by atoms with Gasteiger partial charge in [-0.25, -0.2) is 0 Å². The number of aromatic amines is 1. The highest BCUT2D eigenvalue weighted by Crippen LogP contribution is 2.31. The van der Waals surface area contributed by atoms with E-state index in [4.69, 9.17) is 61.8 Å². The minimum atomic E-state index is -1.62. The fourth-order valence-electron chi connectivity index (χ4n) is 18.2. The summed E-state index contributed by atoms with van der Waals surface area (Å²) in [6.07, 6.45) is 5.74. The van der Waals surface area contributed by atoms with Gasteiger partial charge < -0.3 is 150 Å². The number of rotatable bonds is 39. The first kappa shape index (κ1) is 117. The minimum Gasteiger partial charge on any atom is -0.508 e. The zero-order valence-electron chi connectivity index (χ0n) is 83.5. The van der Waals surface area contributed by atoms with Crippen LogP contribution in [0.25, 0.3) is 10.9 Å². The average molecular weight is 2000 g/mol. The van der Waals surface area contributed by atoms with Crippen molar-refractivity contribution in [3.63, 3.8) is 0 Å². The van der Waals surface area contributed by atoms with Gasteiger partial charge in [-0.1, -0.05) is 91.1 Å². The fraction of sp³-hybridized carbons (Fsp3) is 0.656. The summed E-state index contributed by atoms with van der Waals surface area (Å²) in [7, 11) is 0. The number of carbonyl (C=O) groups excluding carboxylic acids is 15. The highest BCUT2D eigenvalue weighted by Gasteiger charge is 2.49. The van der Waals surface area contributed by atoms with Crippen LogP contribution in [-0.4, -0.2) is 282 Å². The Labute approximate surface area is 835 Å². The van der Waals surface area contributed by atoms with E-state index in [9.17, 15) is 9.90 Å². The van der Waals surface area contributed by atoms with E-state index in [1.54, 1.807) is 72.0 Å². The molecule has 0 spiro atoms. The number of carbonyl (C=O) groups is 15. The highest BCUT2D eigenvalue weighted by atomic mass is 16.3. The maximum absolute atomic E-state index is 15.8. The molecule has 2 aromatic carbocycles. The predicted molar refractivity (Wildman–Crippen MR) is 539 cm³/mol. The van der Waals surface area contributed by atoms with Gasteiger partial charge >= 0.3 is 0 Å². The summed E-state index contributed by atoms with van der Waals surface area (Å²) in [6, 6.07) is -8.89. The first-order valence-corrected chi connectivity index (χ1v) is 50.5. The van der Waals surface area contributed by atoms with Crippen LogP contribution in [0, 0.1) is 45.3 Å². The molecule has 15 amide bonds. The topological polar surface area (TPSA) is 781 Å². The molecule has 15 atom stereocenters. The molecule has 794 valence electrons. The van der Waals surface area contributed by atoms with Gasteiger partial charge in [0.2, 0.25) is 88.6 Å². The lowest BCUT2D eigenvalue weighted by Crippen LogP contribution is -2.62. The summed E-state index contributed by atoms with van der Waals surface area (Å²) in [4.78, 5) is 236. The van der Waals surface area contributed by atoms with Crippen LogP contribution in [0.15, 0.2) is 54.7 Å². The molecular weight excluding hydrogens is 1840 g/mol. The Morgan fingerprint density at radius 2 is 0.755 bits per heavy atom. The molecule has 143 heavy (non-hydrogen) atoms. The van der Waals surface area contributed by atoms with E-state index in [0.717, 1.165) is 19.3 Å². The number of guanidine groups is 4. The molecular formula is C96H159N31O16. The quantitative estimate of drug-likeness (QED) is 0.0157. The van der Waals surface area contributed by atoms with Crippen LogP contribution < -0.4 is 131 Å². The van der Waals surface area contributed by atoms with Gasteiger partial charge in [-0.3, -0.25) is 93.6 Å². The van der Waals surface area contributed by atoms with Gasteiger partial charge in [0.15, 0.2) is 23.8 Å². The van der Waals surface area contributed by atoms with Gasteiger partial charge in [0.1, 0.15) is 90.3 Å². The minimum absolute atomic E-state index is 0.000978. The normalized spacial score (nSPS) is 24.3. The third-order valence-electron chi connectivity index (χ3n) is 25.9. The van der Waals surface area contributed by atoms with Gasteiger partial charge in [0, 0.05) is 81.2 Å². The van der Waals surface area contributed by atoms with Crippen LogP contribution in [0.1, 0.15) is 226 Å². The molecule has 0 bridgehead atoms. The van der Waals surface area contributed by atoms with Crippen LogP contribution in [-0.2, 0) is 84.8 Å². The molecule has 1 saturated carbocycles. The van der Waals surface area contributed by atoms with E-state index in [1.807, 2.05) is 0 Å². The summed E-state index contributed by atoms with van der Waals surface area (Å²) >= 11 is 0. The SMILES string of the molecule is CC(C)C[C@@H]1NC(=O)[C@H](CCCNC(=N)N)NC(=O)[C@H](CC(C)C)NC(=O)[C@@H]2C[C@H](NC(=O)C3CCCCC3)CN2C(=O)[C@H]2CCCN2C(=O)[C@H](C(C)C)NC(=O)[C@H](CCCNC(=N)N)NC(=O)[C@H](Cc2ccc(O)cc2)NC(=O)[C@H](CCCCN)NC(=O)[C@H](Cc2c[nH]c3ccccc23)NC(=O)[C@H](CCCNC(=N)N)NC(=O)[C@H](CCCNC(=N)N)NC(=O)[C@H](CCCCN)NC(=O)[C@H](CCCCN)NC1=O. The van der Waals surface area contributed by atoms with Crippen molar-refractivity contribution in [3.8, 4) is 5.75 Å². The fourth-order valence-corrected chi connectivity index (χ4v) is 18.2. The number of H-pyrrole nitrogens is 1. The van der Waals surface area contributed by atoms with E-state index >= 15 is 67.1 Å². The van der Waals surface area contributed by atoms with E-state index in [1.165, 1.54) is 34.1 Å². The lowest BCUT2D eigenvalue weighted by atomic mass is 9.88. The standard InChI is InChI=1S/C96H159N31O16/c1-54(2)47-71-86(137)117-65(28-13-16-40-98)80(131)114-64(27-12-15-39-97)79(130)115-67(30-18-42-108-93(100)101)81(132)116-68(31-19-43-109-94(102)103)84(135)123-74(50-59-52-112-63-26-11-10-25-62(59)63)89(140)118-66(29-14-17-41-99)82(133)122-73(49-57-35-37-61(128)38-36-57)88(139)120-70(33-21-45-111-96(106)107)85(136)125-77(56(5)6)92(143)126-46-22-34-75(126)91(142)127-53-60(113-78(129)58-23-8-7-9-24-58)51-76(127)90(141)124-72(48-55(3)4)87(138)119-69(83(134)121-71)32-20-44-110-95(104)105/h10-11,25-26,35-38,52,54-56,58,60,64-77,112,128H,7-9,12-24,27-34,39-51,53,97-99H2,1-6H3,(H,113,129)(H,114,131)(H,115,130)(H,116,132)(H,117,137)(H,118,140)(H,119,138)(H,120,139)(H,121,134)(H,122,133)(H,123,135)(H,124,141)(H,125,136)(H4,100,101,108)(H4,102,103,109)(H4,104,105,110)(H4,106,107,111)/t60-,64-,65-,66-,67-,68-,69-,70-,71-,72-,73-,74-,75+,76-,77-/m0/s1. The molecule has 7 rings (SSSR count). The Kier molecular flexibility index (Phi) is 49.2. The van der Waals surface area contributed by atoms with Crippen molar-refractivity contribution in [1.82, 2.24) is 105 Å². The summed E-state index contributed by atoms with van der Waals surface area (Å²) < 4.78 is 0. The number of fused-ring (bicyclic) bond motifs is 3. The number of phenols is 1. The Morgan fingerprint density at radius 1 is 0.399 bits per heavy atom. The molecule has 0 radical (unpaired) electrons. The van der Waals surface area contributed by atoms with Crippen molar-refractivity contribution in [2.24, 2.45) is 63.8 Å². The number of benzene rings is 2. The number of phenolic OH excluding ortho intramolecular Hbond substituents is 1. The van der Waals surface area contributed by atoms with Crippen LogP contribution in [0.2, 0.25) is 0 Å². The molecule has 4 aliphatic rings. The van der Waals surface area contributed by atoms with Crippen LogP contribution in [0.3, 0.4) is 0 Å². The number of nitrogens with zero attached hydrogens (tertiary/aromatic N) is 2. The van der Waals surface area contributed by atoms with Crippen LogP contribution in [0.4, 0.5) is 0 Å². The summed E-state index contributed by atoms with van der Waals surface area (Å²) in [6.45, 7) is 10.7. The largest absolute Gasteiger partial charge is 0.508 e. The zero-order valence-corrected chi connectivity index (χ0v) is 83.5. The van der Waals surface area contributed by atoms with E-state index in [0.29, 0.717) is 54.1 Å². The van der Waals surface area contributed by atoms with E-state index < -0.39 is 203 Å². The van der Waals surface area contributed by atoms with Crippen molar-refractivity contribution >= 4 is 123 Å². The predicted octanol–water partition coefficient (Wildman–Crippen LogP) is -2.66. The summed E-state index contributed by atoms with van der Waals surface area (Å²) in [5.74, 6) is -16.1. The Bertz CT molecular complexity index is 4760. The van der Waals surface area contributed by atoms with Crippen LogP contribution >= 0.6 is 0 Å². The van der Waals surface area contributed by atoms with Crippen molar-refractivity contribution in [3.05, 3.63) is 65.9 Å². The van der Waals surface area contributed by atoms with Gasteiger partial charge in [-0.05, 0) is 221 Å². The molecule has 1 aromatic heterocycles. The molecule has 4 heterocycles. The van der Waals surface area contributed by atoms with E-state index in [2.05, 4.69) is 95.4 Å². The molecule has 47 heteroatoms. The highest BCUT2D eigenvalue weighted by molar-refractivity contribution is 6.02. The second-order valence-electron chi connectivity index (χ2n) is 38.9. The van der Waals surface area contributed by atoms with Gasteiger partial charge in [-0.15, -0.1) is 0 Å². The molecule has 4 fully saturated rings. The first-order chi connectivity index (χ1) is 68.2. The van der Waals surface area contributed by atoms with Crippen molar-refractivity contribution in [2.45, 2.75) is 318 Å². The number of unbranched alkanes of at least 4 members (excludes halogenated alkanes) is 3. The zero-order chi connectivity index (χ0) is 105. The third kappa shape index (κ3) is 39.2. The van der Waals surface area contributed by atoms with Crippen molar-refractivity contribution < 1.29 is 77.0 Å². The maximum atomic E-state index is 15.8. The van der Waals surface area contributed by atoms with Crippen LogP contribution in [0.5, 0.6) is 5.75 Å². The van der Waals surface area contributed by atoms with Crippen molar-refractivity contribution in [1.29, 1.82) is 21.6 Å². The third-order valence-corrected chi connectivity index (χ3v) is 25.9. The van der Waals surface area contributed by atoms with Gasteiger partial charge in [0.05, 0.1) is 0 Å². The molecule has 37 N–H and O–H groups in total. The number of para-hydroxylation sites is 1. The summed E-state index contributed by atoms with van der Waals surface area (Å²) in [5.41, 5.74) is 42.4. The molecule has 1 aliphatic carbocycles. The van der Waals surface area contributed by atoms with Crippen molar-refractivity contribution in [2.75, 3.05) is 58.9 Å². The number of aromatic hydroxyl groups is 1. The Balaban J connectivity index is 1.39. The Hall–Kier alpha value is -13.2. The molecule has 3 saturated heterocycles. The molecule has 47 nitrogen and oxygen atoms in total. The molecule has 3 aromatic rings. The number of nitrogens with two attached hydrogens (primary N) is 7. The average Bonchev–Trinajstić information content (AvgIpc) is 1.64. The number of aromatic nitrogens is 1.